The standard InChI is InChI=1S/C29H25BrN4O6/c30-22-11-12-25(40-26(35)13-10-20-6-2-1-3-7-20)21(18-22)19-31-33-28(37)27(36)32-24-9-5-4-8-23(24)29(38)34-14-16-39-17-15-34/h1-13,18-19H,14-17H2,(H,32,36)(H,33,37). The second-order valence-corrected chi connectivity index (χ2v) is 9.37. The molecule has 10 nitrogen and oxygen atoms in total. The molecule has 0 bridgehead atoms. The van der Waals surface area contributed by atoms with Gasteiger partial charge in [-0.25, -0.2) is 10.2 Å². The topological polar surface area (TPSA) is 126 Å². The summed E-state index contributed by atoms with van der Waals surface area (Å²) in [6.45, 7) is 1.74. The lowest BCUT2D eigenvalue weighted by Gasteiger charge is -2.27. The Balaban J connectivity index is 1.37. The highest BCUT2D eigenvalue weighted by Crippen LogP contribution is 2.22. The minimum Gasteiger partial charge on any atom is -0.423 e. The summed E-state index contributed by atoms with van der Waals surface area (Å²) < 4.78 is 11.4. The van der Waals surface area contributed by atoms with E-state index in [1.54, 1.807) is 47.4 Å². The molecule has 0 saturated carbocycles. The van der Waals surface area contributed by atoms with Gasteiger partial charge in [-0.3, -0.25) is 14.4 Å². The Labute approximate surface area is 238 Å². The van der Waals surface area contributed by atoms with Crippen LogP contribution in [-0.4, -0.2) is 61.1 Å². The third kappa shape index (κ3) is 7.95. The van der Waals surface area contributed by atoms with Gasteiger partial charge in [0, 0.05) is 29.2 Å². The normalized spacial score (nSPS) is 13.3. The summed E-state index contributed by atoms with van der Waals surface area (Å²) in [7, 11) is 0. The molecular weight excluding hydrogens is 580 g/mol. The first-order valence-electron chi connectivity index (χ1n) is 12.3. The molecule has 40 heavy (non-hydrogen) atoms. The van der Waals surface area contributed by atoms with Crippen molar-refractivity contribution in [3.63, 3.8) is 0 Å². The Hall–Kier alpha value is -4.61. The maximum absolute atomic E-state index is 12.9. The molecule has 3 amide bonds. The van der Waals surface area contributed by atoms with Crippen LogP contribution in [0, 0.1) is 0 Å². The summed E-state index contributed by atoms with van der Waals surface area (Å²) in [4.78, 5) is 51.8. The van der Waals surface area contributed by atoms with Gasteiger partial charge in [-0.05, 0) is 42.0 Å². The zero-order chi connectivity index (χ0) is 28.3. The SMILES string of the molecule is O=C(C=Cc1ccccc1)Oc1ccc(Br)cc1C=NNC(=O)C(=O)Nc1ccccc1C(=O)N1CCOCC1. The highest BCUT2D eigenvalue weighted by Gasteiger charge is 2.23. The summed E-state index contributed by atoms with van der Waals surface area (Å²) in [6.07, 6.45) is 4.17. The van der Waals surface area contributed by atoms with Gasteiger partial charge in [0.15, 0.2) is 0 Å². The second-order valence-electron chi connectivity index (χ2n) is 8.45. The Morgan fingerprint density at radius 2 is 1.65 bits per heavy atom. The van der Waals surface area contributed by atoms with E-state index in [1.807, 2.05) is 30.3 Å². The molecule has 0 spiro atoms. The first-order chi connectivity index (χ1) is 19.4. The molecule has 204 valence electrons. The van der Waals surface area contributed by atoms with Gasteiger partial charge in [0.05, 0.1) is 30.7 Å². The van der Waals surface area contributed by atoms with Gasteiger partial charge in [-0.15, -0.1) is 0 Å². The van der Waals surface area contributed by atoms with Crippen LogP contribution in [0.15, 0.2) is 88.4 Å². The average Bonchev–Trinajstić information content (AvgIpc) is 2.98. The van der Waals surface area contributed by atoms with Crippen LogP contribution in [0.3, 0.4) is 0 Å². The van der Waals surface area contributed by atoms with Crippen molar-refractivity contribution in [2.75, 3.05) is 31.6 Å². The Morgan fingerprint density at radius 1 is 0.925 bits per heavy atom. The van der Waals surface area contributed by atoms with Crippen LogP contribution >= 0.6 is 15.9 Å². The predicted molar refractivity (Wildman–Crippen MR) is 153 cm³/mol. The fraction of sp³-hybridized carbons (Fsp3) is 0.138. The van der Waals surface area contributed by atoms with Gasteiger partial charge in [-0.2, -0.15) is 5.10 Å². The van der Waals surface area contributed by atoms with Crippen molar-refractivity contribution < 1.29 is 28.7 Å². The lowest BCUT2D eigenvalue weighted by Crippen LogP contribution is -2.41. The molecule has 1 heterocycles. The van der Waals surface area contributed by atoms with E-state index >= 15 is 0 Å². The number of halogens is 1. The molecule has 2 N–H and O–H groups in total. The van der Waals surface area contributed by atoms with Crippen LogP contribution in [-0.2, 0) is 19.1 Å². The van der Waals surface area contributed by atoms with E-state index in [0.717, 1.165) is 5.56 Å². The number of anilines is 1. The maximum Gasteiger partial charge on any atom is 0.336 e. The van der Waals surface area contributed by atoms with E-state index in [0.29, 0.717) is 36.3 Å². The van der Waals surface area contributed by atoms with Gasteiger partial charge in [0.2, 0.25) is 0 Å². The van der Waals surface area contributed by atoms with Crippen LogP contribution in [0.2, 0.25) is 0 Å². The molecule has 1 saturated heterocycles. The smallest absolute Gasteiger partial charge is 0.336 e. The number of nitrogens with one attached hydrogen (secondary N) is 2. The van der Waals surface area contributed by atoms with E-state index in [2.05, 4.69) is 31.8 Å². The Kier molecular flexibility index (Phi) is 9.92. The summed E-state index contributed by atoms with van der Waals surface area (Å²) in [5, 5.41) is 6.30. The first-order valence-corrected chi connectivity index (χ1v) is 13.0. The van der Waals surface area contributed by atoms with Crippen LogP contribution in [0.25, 0.3) is 6.08 Å². The van der Waals surface area contributed by atoms with E-state index in [-0.39, 0.29) is 22.9 Å². The molecule has 0 atom stereocenters. The van der Waals surface area contributed by atoms with Crippen molar-refractivity contribution in [3.05, 3.63) is 100 Å². The fourth-order valence-electron chi connectivity index (χ4n) is 3.69. The largest absolute Gasteiger partial charge is 0.423 e. The lowest BCUT2D eigenvalue weighted by molar-refractivity contribution is -0.136. The van der Waals surface area contributed by atoms with E-state index in [4.69, 9.17) is 9.47 Å². The highest BCUT2D eigenvalue weighted by atomic mass is 79.9. The number of amides is 3. The molecule has 3 aromatic carbocycles. The number of carbonyl (C=O) groups excluding carboxylic acids is 4. The molecule has 11 heteroatoms. The minimum atomic E-state index is -1.05. The molecule has 0 radical (unpaired) electrons. The molecule has 1 aliphatic heterocycles. The number of benzene rings is 3. The van der Waals surface area contributed by atoms with Crippen LogP contribution in [0.1, 0.15) is 21.5 Å². The van der Waals surface area contributed by atoms with Gasteiger partial charge < -0.3 is 19.7 Å². The summed E-state index contributed by atoms with van der Waals surface area (Å²) in [6, 6.07) is 20.6. The van der Waals surface area contributed by atoms with Crippen LogP contribution in [0.4, 0.5) is 5.69 Å². The lowest BCUT2D eigenvalue weighted by atomic mass is 10.1. The number of ether oxygens (including phenoxy) is 2. The van der Waals surface area contributed by atoms with Crippen LogP contribution in [0.5, 0.6) is 5.75 Å². The monoisotopic (exact) mass is 604 g/mol. The van der Waals surface area contributed by atoms with Crippen molar-refractivity contribution in [1.82, 2.24) is 10.3 Å². The Morgan fingerprint density at radius 3 is 2.42 bits per heavy atom. The number of nitrogens with zero attached hydrogens (tertiary/aromatic N) is 2. The second kappa shape index (κ2) is 14.0. The number of hydrogen-bond acceptors (Lipinski definition) is 7. The fourth-order valence-corrected chi connectivity index (χ4v) is 4.07. The van der Waals surface area contributed by atoms with Crippen molar-refractivity contribution in [1.29, 1.82) is 0 Å². The minimum absolute atomic E-state index is 0.198. The van der Waals surface area contributed by atoms with E-state index in [9.17, 15) is 19.2 Å². The zero-order valence-corrected chi connectivity index (χ0v) is 22.8. The van der Waals surface area contributed by atoms with E-state index in [1.165, 1.54) is 18.4 Å². The average molecular weight is 605 g/mol. The van der Waals surface area contributed by atoms with Crippen molar-refractivity contribution in [2.45, 2.75) is 0 Å². The number of rotatable bonds is 7. The number of esters is 1. The van der Waals surface area contributed by atoms with Gasteiger partial charge in [0.25, 0.3) is 5.91 Å². The Bertz CT molecular complexity index is 1450. The third-order valence-corrected chi connectivity index (χ3v) is 6.17. The first kappa shape index (κ1) is 28.4. The molecular formula is C29H25BrN4O6. The van der Waals surface area contributed by atoms with Gasteiger partial charge >= 0.3 is 17.8 Å². The summed E-state index contributed by atoms with van der Waals surface area (Å²) >= 11 is 3.35. The molecule has 1 aliphatic rings. The third-order valence-electron chi connectivity index (χ3n) is 5.67. The highest BCUT2D eigenvalue weighted by molar-refractivity contribution is 9.10. The van der Waals surface area contributed by atoms with Gasteiger partial charge in [0.1, 0.15) is 5.75 Å². The van der Waals surface area contributed by atoms with E-state index < -0.39 is 17.8 Å². The molecule has 1 fully saturated rings. The number of para-hydroxylation sites is 1. The predicted octanol–water partition coefficient (Wildman–Crippen LogP) is 3.63. The maximum atomic E-state index is 12.9. The van der Waals surface area contributed by atoms with Crippen molar-refractivity contribution >= 4 is 57.6 Å². The number of hydrogen-bond donors (Lipinski definition) is 2. The molecule has 0 aliphatic carbocycles. The molecule has 3 aromatic rings. The van der Waals surface area contributed by atoms with Crippen molar-refractivity contribution in [3.8, 4) is 5.75 Å². The summed E-state index contributed by atoms with van der Waals surface area (Å²) in [5.74, 6) is -2.73. The number of carbonyl (C=O) groups is 4. The molecule has 0 aromatic heterocycles. The zero-order valence-electron chi connectivity index (χ0n) is 21.2. The van der Waals surface area contributed by atoms with Crippen molar-refractivity contribution in [2.24, 2.45) is 5.10 Å². The van der Waals surface area contributed by atoms with Crippen LogP contribution < -0.4 is 15.5 Å². The number of morpholine rings is 1. The quantitative estimate of drug-likeness (QED) is 0.106. The molecule has 0 unspecified atom stereocenters. The number of hydrazone groups is 1. The molecule has 4 rings (SSSR count). The van der Waals surface area contributed by atoms with Gasteiger partial charge in [-0.1, -0.05) is 58.4 Å². The summed E-state index contributed by atoms with van der Waals surface area (Å²) in [5.41, 5.74) is 3.82.